The molecule has 30 heavy (non-hydrogen) atoms. The van der Waals surface area contributed by atoms with Crippen molar-refractivity contribution in [2.24, 2.45) is 0 Å². The van der Waals surface area contributed by atoms with E-state index in [4.69, 9.17) is 10.2 Å². The van der Waals surface area contributed by atoms with Crippen molar-refractivity contribution in [2.45, 2.75) is 38.5 Å². The standard InChI is InChI=1S/C23H24N2O4S/c1-3-4-5-17(15-6-8-16(9-7-15)23(28)29)21-24-13-19(25-21)18-10-11-30-20(18)12-14(2)22(26)27/h6-11,13,17H,2-5,12H2,1H3,(H,24,25)(H,26,27)(H,28,29). The van der Waals surface area contributed by atoms with E-state index < -0.39 is 11.9 Å². The Morgan fingerprint density at radius 2 is 1.93 bits per heavy atom. The van der Waals surface area contributed by atoms with Crippen LogP contribution in [0.3, 0.4) is 0 Å². The van der Waals surface area contributed by atoms with E-state index in [9.17, 15) is 9.59 Å². The van der Waals surface area contributed by atoms with Gasteiger partial charge in [0.2, 0.25) is 0 Å². The van der Waals surface area contributed by atoms with E-state index in [0.29, 0.717) is 0 Å². The molecule has 0 saturated carbocycles. The zero-order valence-electron chi connectivity index (χ0n) is 16.7. The molecule has 6 nitrogen and oxygen atoms in total. The minimum Gasteiger partial charge on any atom is -0.478 e. The van der Waals surface area contributed by atoms with E-state index in [0.717, 1.165) is 46.8 Å². The van der Waals surface area contributed by atoms with Gasteiger partial charge in [-0.05, 0) is 35.6 Å². The predicted octanol–water partition coefficient (Wildman–Crippen LogP) is 5.34. The molecule has 0 bridgehead atoms. The number of aromatic nitrogens is 2. The second kappa shape index (κ2) is 9.54. The number of hydrogen-bond acceptors (Lipinski definition) is 4. The number of nitrogens with one attached hydrogen (secondary N) is 1. The van der Waals surface area contributed by atoms with Gasteiger partial charge in [0.15, 0.2) is 0 Å². The van der Waals surface area contributed by atoms with Crippen LogP contribution in [0.15, 0.2) is 54.1 Å². The summed E-state index contributed by atoms with van der Waals surface area (Å²) in [6.45, 7) is 5.76. The lowest BCUT2D eigenvalue weighted by molar-refractivity contribution is -0.132. The normalized spacial score (nSPS) is 11.9. The number of rotatable bonds is 10. The number of nitrogens with zero attached hydrogens (tertiary/aromatic N) is 1. The molecule has 3 rings (SSSR count). The van der Waals surface area contributed by atoms with Gasteiger partial charge < -0.3 is 15.2 Å². The highest BCUT2D eigenvalue weighted by Crippen LogP contribution is 2.33. The molecule has 1 unspecified atom stereocenters. The fourth-order valence-electron chi connectivity index (χ4n) is 3.37. The van der Waals surface area contributed by atoms with Gasteiger partial charge in [0.1, 0.15) is 5.82 Å². The summed E-state index contributed by atoms with van der Waals surface area (Å²) in [7, 11) is 0. The van der Waals surface area contributed by atoms with Crippen molar-refractivity contribution in [3.05, 3.63) is 75.9 Å². The molecule has 0 amide bonds. The Morgan fingerprint density at radius 1 is 1.20 bits per heavy atom. The van der Waals surface area contributed by atoms with Gasteiger partial charge >= 0.3 is 11.9 Å². The monoisotopic (exact) mass is 424 g/mol. The number of thiophene rings is 1. The van der Waals surface area contributed by atoms with Gasteiger partial charge in [-0.15, -0.1) is 11.3 Å². The second-order valence-corrected chi connectivity index (χ2v) is 8.15. The molecule has 0 radical (unpaired) electrons. The van der Waals surface area contributed by atoms with Gasteiger partial charge in [-0.3, -0.25) is 0 Å². The van der Waals surface area contributed by atoms with Gasteiger partial charge in [0.05, 0.1) is 17.5 Å². The van der Waals surface area contributed by atoms with E-state index >= 15 is 0 Å². The lowest BCUT2D eigenvalue weighted by Crippen LogP contribution is -2.05. The van der Waals surface area contributed by atoms with E-state index in [1.165, 1.54) is 11.3 Å². The molecule has 0 saturated heterocycles. The smallest absolute Gasteiger partial charge is 0.335 e. The fraction of sp³-hybridized carbons (Fsp3) is 0.261. The van der Waals surface area contributed by atoms with Crippen LogP contribution in [0.25, 0.3) is 11.3 Å². The number of carboxylic acids is 2. The number of hydrogen-bond donors (Lipinski definition) is 3. The van der Waals surface area contributed by atoms with E-state index in [-0.39, 0.29) is 23.5 Å². The number of carbonyl (C=O) groups is 2. The first-order chi connectivity index (χ1) is 14.4. The lowest BCUT2D eigenvalue weighted by atomic mass is 9.92. The SMILES string of the molecule is C=C(Cc1sccc1-c1cnc(C(CCCC)c2ccc(C(=O)O)cc2)[nH]1)C(=O)O. The Balaban J connectivity index is 1.89. The number of unbranched alkanes of at least 4 members (excludes halogenated alkanes) is 1. The van der Waals surface area contributed by atoms with E-state index in [2.05, 4.69) is 23.5 Å². The average molecular weight is 425 g/mol. The number of aromatic amines is 1. The van der Waals surface area contributed by atoms with Gasteiger partial charge in [0.25, 0.3) is 0 Å². The molecule has 0 aliphatic rings. The highest BCUT2D eigenvalue weighted by molar-refractivity contribution is 7.10. The Bertz CT molecular complexity index is 1050. The summed E-state index contributed by atoms with van der Waals surface area (Å²) < 4.78 is 0. The summed E-state index contributed by atoms with van der Waals surface area (Å²) in [6.07, 6.45) is 5.01. The highest BCUT2D eigenvalue weighted by atomic mass is 32.1. The Labute approximate surface area is 178 Å². The van der Waals surface area contributed by atoms with Crippen molar-refractivity contribution in [3.63, 3.8) is 0 Å². The maximum Gasteiger partial charge on any atom is 0.335 e. The van der Waals surface area contributed by atoms with Crippen molar-refractivity contribution in [2.75, 3.05) is 0 Å². The molecular weight excluding hydrogens is 400 g/mol. The maximum absolute atomic E-state index is 11.1. The average Bonchev–Trinajstić information content (AvgIpc) is 3.38. The third-order valence-corrected chi connectivity index (χ3v) is 5.96. The molecule has 156 valence electrons. The number of benzene rings is 1. The first kappa shape index (κ1) is 21.5. The van der Waals surface area contributed by atoms with Crippen molar-refractivity contribution < 1.29 is 19.8 Å². The summed E-state index contributed by atoms with van der Waals surface area (Å²) in [5.74, 6) is -1.10. The highest BCUT2D eigenvalue weighted by Gasteiger charge is 2.20. The molecule has 7 heteroatoms. The quantitative estimate of drug-likeness (QED) is 0.381. The molecular formula is C23H24N2O4S. The molecule has 3 aromatic rings. The van der Waals surface area contributed by atoms with Gasteiger partial charge in [-0.2, -0.15) is 0 Å². The van der Waals surface area contributed by atoms with Crippen LogP contribution in [0.2, 0.25) is 0 Å². The third-order valence-electron chi connectivity index (χ3n) is 5.04. The Morgan fingerprint density at radius 3 is 2.57 bits per heavy atom. The molecule has 2 aromatic heterocycles. The van der Waals surface area contributed by atoms with Crippen LogP contribution in [-0.4, -0.2) is 32.1 Å². The van der Waals surface area contributed by atoms with Crippen LogP contribution < -0.4 is 0 Å². The minimum absolute atomic E-state index is 0.0256. The van der Waals surface area contributed by atoms with Crippen LogP contribution in [0.1, 0.15) is 58.7 Å². The first-order valence-corrected chi connectivity index (χ1v) is 10.6. The fourth-order valence-corrected chi connectivity index (χ4v) is 4.30. The van der Waals surface area contributed by atoms with Crippen molar-refractivity contribution in [3.8, 4) is 11.3 Å². The third kappa shape index (κ3) is 4.86. The first-order valence-electron chi connectivity index (χ1n) is 9.76. The van der Waals surface area contributed by atoms with Gasteiger partial charge in [0, 0.05) is 28.4 Å². The molecule has 0 aliphatic carbocycles. The molecule has 1 aromatic carbocycles. The van der Waals surface area contributed by atoms with E-state index in [1.54, 1.807) is 18.3 Å². The van der Waals surface area contributed by atoms with Crippen molar-refractivity contribution >= 4 is 23.3 Å². The van der Waals surface area contributed by atoms with Crippen LogP contribution in [0, 0.1) is 0 Å². The van der Waals surface area contributed by atoms with Crippen LogP contribution in [0.5, 0.6) is 0 Å². The predicted molar refractivity (Wildman–Crippen MR) is 117 cm³/mol. The second-order valence-electron chi connectivity index (χ2n) is 7.15. The molecule has 3 N–H and O–H groups in total. The van der Waals surface area contributed by atoms with Gasteiger partial charge in [-0.25, -0.2) is 14.6 Å². The summed E-state index contributed by atoms with van der Waals surface area (Å²) in [4.78, 5) is 31.2. The molecule has 2 heterocycles. The zero-order valence-corrected chi connectivity index (χ0v) is 17.5. The Kier molecular flexibility index (Phi) is 6.84. The number of carboxylic acid groups (broad SMARTS) is 2. The maximum atomic E-state index is 11.1. The zero-order chi connectivity index (χ0) is 21.7. The summed E-state index contributed by atoms with van der Waals surface area (Å²) in [6, 6.07) is 8.89. The number of aliphatic carboxylic acids is 1. The Hall–Kier alpha value is -3.19. The summed E-state index contributed by atoms with van der Waals surface area (Å²) >= 11 is 1.49. The van der Waals surface area contributed by atoms with Gasteiger partial charge in [-0.1, -0.05) is 38.5 Å². The van der Waals surface area contributed by atoms with Crippen molar-refractivity contribution in [1.29, 1.82) is 0 Å². The van der Waals surface area contributed by atoms with Crippen LogP contribution in [0.4, 0.5) is 0 Å². The molecule has 1 atom stereocenters. The number of H-pyrrole nitrogens is 1. The van der Waals surface area contributed by atoms with E-state index in [1.807, 2.05) is 23.6 Å². The topological polar surface area (TPSA) is 103 Å². The molecule has 0 spiro atoms. The lowest BCUT2D eigenvalue weighted by Gasteiger charge is -2.15. The van der Waals surface area contributed by atoms with Crippen molar-refractivity contribution in [1.82, 2.24) is 9.97 Å². The van der Waals surface area contributed by atoms with Crippen LogP contribution in [-0.2, 0) is 11.2 Å². The number of aromatic carboxylic acids is 1. The molecule has 0 aliphatic heterocycles. The summed E-state index contributed by atoms with van der Waals surface area (Å²) in [5.41, 5.74) is 3.19. The van der Waals surface area contributed by atoms with Crippen LogP contribution >= 0.6 is 11.3 Å². The number of imidazole rings is 1. The molecule has 0 fully saturated rings. The summed E-state index contributed by atoms with van der Waals surface area (Å²) in [5, 5.41) is 20.2. The minimum atomic E-state index is -0.996. The largest absolute Gasteiger partial charge is 0.478 e.